The minimum Gasteiger partial charge on any atom is -0.465 e. The molecule has 0 saturated heterocycles. The summed E-state index contributed by atoms with van der Waals surface area (Å²) in [5.74, 6) is -0.375. The molecule has 4 rings (SSSR count). The van der Waals surface area contributed by atoms with Crippen molar-refractivity contribution in [2.45, 2.75) is 0 Å². The normalized spacial score (nSPS) is 11.1. The number of esters is 1. The number of methoxy groups -OCH3 is 1. The van der Waals surface area contributed by atoms with Crippen LogP contribution in [0.25, 0.3) is 0 Å². The Morgan fingerprint density at radius 1 is 0.724 bits per heavy atom. The zero-order valence-electron chi connectivity index (χ0n) is 16.1. The highest BCUT2D eigenvalue weighted by molar-refractivity contribution is 8.01. The van der Waals surface area contributed by atoms with Crippen molar-refractivity contribution in [1.29, 1.82) is 0 Å². The molecule has 142 valence electrons. The predicted molar refractivity (Wildman–Crippen MR) is 120 cm³/mol. The fourth-order valence-electron chi connectivity index (χ4n) is 3.77. The molecule has 0 atom stereocenters. The fourth-order valence-corrected chi connectivity index (χ4v) is 8.15. The van der Waals surface area contributed by atoms with E-state index in [4.69, 9.17) is 4.74 Å². The third-order valence-corrected chi connectivity index (χ3v) is 9.33. The van der Waals surface area contributed by atoms with Crippen LogP contribution in [0.15, 0.2) is 109 Å². The van der Waals surface area contributed by atoms with E-state index in [1.54, 1.807) is 12.4 Å². The lowest BCUT2D eigenvalue weighted by molar-refractivity contribution is 0.0602. The van der Waals surface area contributed by atoms with Crippen molar-refractivity contribution < 1.29 is 9.53 Å². The molecule has 3 aromatic carbocycles. The van der Waals surface area contributed by atoms with Crippen molar-refractivity contribution in [1.82, 2.24) is 4.98 Å². The van der Waals surface area contributed by atoms with Gasteiger partial charge in [-0.1, -0.05) is 54.6 Å². The van der Waals surface area contributed by atoms with Gasteiger partial charge in [0.2, 0.25) is 0 Å². The zero-order chi connectivity index (χ0) is 20.1. The Hall–Kier alpha value is -3.29. The molecule has 0 spiro atoms. The SMILES string of the molecule is COC(=O)c1cnccc1[P+](c1ccccc1)(c1ccccc1)c1ccccc1. The van der Waals surface area contributed by atoms with Crippen LogP contribution in [0, 0.1) is 0 Å². The van der Waals surface area contributed by atoms with Gasteiger partial charge in [-0.3, -0.25) is 4.98 Å². The molecule has 0 bridgehead atoms. The van der Waals surface area contributed by atoms with Crippen LogP contribution in [0.4, 0.5) is 0 Å². The first-order valence-electron chi connectivity index (χ1n) is 9.37. The molecule has 0 unspecified atom stereocenters. The van der Waals surface area contributed by atoms with E-state index in [1.165, 1.54) is 23.0 Å². The quantitative estimate of drug-likeness (QED) is 0.382. The molecule has 3 nitrogen and oxygen atoms in total. The van der Waals surface area contributed by atoms with Crippen LogP contribution in [-0.2, 0) is 4.74 Å². The summed E-state index contributed by atoms with van der Waals surface area (Å²) in [6, 6.07) is 33.2. The lowest BCUT2D eigenvalue weighted by atomic mass is 10.3. The molecule has 1 heterocycles. The van der Waals surface area contributed by atoms with Crippen LogP contribution in [0.5, 0.6) is 0 Å². The van der Waals surface area contributed by atoms with Crippen molar-refractivity contribution in [3.05, 3.63) is 115 Å². The summed E-state index contributed by atoms with van der Waals surface area (Å²) < 4.78 is 5.12. The Bertz CT molecular complexity index is 1000. The van der Waals surface area contributed by atoms with E-state index in [1.807, 2.05) is 24.3 Å². The molecule has 29 heavy (non-hydrogen) atoms. The lowest BCUT2D eigenvalue weighted by Gasteiger charge is -2.28. The van der Waals surface area contributed by atoms with Crippen molar-refractivity contribution in [3.8, 4) is 0 Å². The van der Waals surface area contributed by atoms with Gasteiger partial charge in [0, 0.05) is 18.5 Å². The number of aromatic nitrogens is 1. The van der Waals surface area contributed by atoms with Gasteiger partial charge >= 0.3 is 5.97 Å². The van der Waals surface area contributed by atoms with Crippen LogP contribution >= 0.6 is 7.26 Å². The molecule has 0 aliphatic heterocycles. The number of ether oxygens (including phenoxy) is 1. The minimum atomic E-state index is -2.35. The Labute approximate surface area is 171 Å². The second-order valence-corrected chi connectivity index (χ2v) is 9.93. The summed E-state index contributed by atoms with van der Waals surface area (Å²) in [5.41, 5.74) is 0.500. The lowest BCUT2D eigenvalue weighted by Crippen LogP contribution is -2.40. The molecule has 1 aromatic heterocycles. The summed E-state index contributed by atoms with van der Waals surface area (Å²) >= 11 is 0. The van der Waals surface area contributed by atoms with Gasteiger partial charge < -0.3 is 4.74 Å². The zero-order valence-corrected chi connectivity index (χ0v) is 17.0. The number of carbonyl (C=O) groups is 1. The predicted octanol–water partition coefficient (Wildman–Crippen LogP) is 3.49. The van der Waals surface area contributed by atoms with E-state index in [9.17, 15) is 4.79 Å². The van der Waals surface area contributed by atoms with Crippen LogP contribution < -0.4 is 21.2 Å². The maximum Gasteiger partial charge on any atom is 0.343 e. The van der Waals surface area contributed by atoms with Gasteiger partial charge in [-0.2, -0.15) is 0 Å². The van der Waals surface area contributed by atoms with Crippen LogP contribution in [0.3, 0.4) is 0 Å². The van der Waals surface area contributed by atoms with Crippen molar-refractivity contribution >= 4 is 34.4 Å². The average molecular weight is 398 g/mol. The summed E-state index contributed by atoms with van der Waals surface area (Å²) in [5, 5.41) is 4.47. The Balaban J connectivity index is 2.18. The number of benzene rings is 3. The number of hydrogen-bond donors (Lipinski definition) is 0. The van der Waals surface area contributed by atoms with Crippen molar-refractivity contribution in [2.75, 3.05) is 7.11 Å². The maximum absolute atomic E-state index is 12.7. The van der Waals surface area contributed by atoms with E-state index >= 15 is 0 Å². The fraction of sp³-hybridized carbons (Fsp3) is 0.0400. The topological polar surface area (TPSA) is 39.2 Å². The van der Waals surface area contributed by atoms with Crippen LogP contribution in [0.1, 0.15) is 10.4 Å². The largest absolute Gasteiger partial charge is 0.465 e. The van der Waals surface area contributed by atoms with Crippen molar-refractivity contribution in [3.63, 3.8) is 0 Å². The first-order chi connectivity index (χ1) is 14.3. The molecule has 0 amide bonds. The highest BCUT2D eigenvalue weighted by Gasteiger charge is 2.50. The smallest absolute Gasteiger partial charge is 0.343 e. The summed E-state index contributed by atoms with van der Waals surface area (Å²) in [4.78, 5) is 17.0. The molecule has 0 saturated carbocycles. The van der Waals surface area contributed by atoms with Gasteiger partial charge in [-0.15, -0.1) is 0 Å². The Morgan fingerprint density at radius 3 is 1.59 bits per heavy atom. The number of carbonyl (C=O) groups excluding carboxylic acids is 1. The summed E-state index contributed by atoms with van der Waals surface area (Å²) in [6.07, 6.45) is 3.37. The van der Waals surface area contributed by atoms with E-state index in [2.05, 4.69) is 77.8 Å². The van der Waals surface area contributed by atoms with Gasteiger partial charge in [-0.25, -0.2) is 4.79 Å². The summed E-state index contributed by atoms with van der Waals surface area (Å²) in [7, 11) is -0.942. The molecule has 0 N–H and O–H groups in total. The van der Waals surface area contributed by atoms with Gasteiger partial charge in [0.05, 0.1) is 7.11 Å². The maximum atomic E-state index is 12.7. The number of hydrogen-bond acceptors (Lipinski definition) is 3. The van der Waals surface area contributed by atoms with E-state index in [0.717, 1.165) is 5.30 Å². The average Bonchev–Trinajstić information content (AvgIpc) is 2.82. The third kappa shape index (κ3) is 3.35. The Morgan fingerprint density at radius 2 is 1.17 bits per heavy atom. The molecular formula is C25H21NO2P+. The number of pyridine rings is 1. The van der Waals surface area contributed by atoms with Gasteiger partial charge in [0.15, 0.2) is 0 Å². The second kappa shape index (κ2) is 8.38. The number of nitrogens with zero attached hydrogens (tertiary/aromatic N) is 1. The molecule has 4 aromatic rings. The van der Waals surface area contributed by atoms with E-state index < -0.39 is 7.26 Å². The molecule has 0 radical (unpaired) electrons. The van der Waals surface area contributed by atoms with E-state index in [-0.39, 0.29) is 5.97 Å². The van der Waals surface area contributed by atoms with Gasteiger partial charge in [0.25, 0.3) is 0 Å². The molecule has 0 aliphatic carbocycles. The Kier molecular flexibility index (Phi) is 5.50. The monoisotopic (exact) mass is 398 g/mol. The highest BCUT2D eigenvalue weighted by Crippen LogP contribution is 2.54. The van der Waals surface area contributed by atoms with Gasteiger partial charge in [-0.05, 0) is 36.4 Å². The van der Waals surface area contributed by atoms with E-state index in [0.29, 0.717) is 5.56 Å². The van der Waals surface area contributed by atoms with Crippen LogP contribution in [0.2, 0.25) is 0 Å². The number of rotatable bonds is 5. The van der Waals surface area contributed by atoms with Gasteiger partial charge in [0.1, 0.15) is 34.0 Å². The standard InChI is InChI=1S/C25H21NO2P/c1-28-25(27)23-19-26-18-17-24(23)29(20-11-5-2-6-12-20,21-13-7-3-8-14-21)22-15-9-4-10-16-22/h2-19H,1H3/q+1. The van der Waals surface area contributed by atoms with Crippen molar-refractivity contribution in [2.24, 2.45) is 0 Å². The summed E-state index contributed by atoms with van der Waals surface area (Å²) in [6.45, 7) is 0. The third-order valence-electron chi connectivity index (χ3n) is 5.00. The first kappa shape index (κ1) is 19.0. The highest BCUT2D eigenvalue weighted by atomic mass is 31.2. The molecule has 0 aliphatic rings. The molecule has 0 fully saturated rings. The molecular weight excluding hydrogens is 377 g/mol. The second-order valence-electron chi connectivity index (χ2n) is 6.56. The molecule has 4 heteroatoms. The first-order valence-corrected chi connectivity index (χ1v) is 11.2. The minimum absolute atomic E-state index is 0.375. The van der Waals surface area contributed by atoms with Crippen LogP contribution in [-0.4, -0.2) is 18.1 Å².